The van der Waals surface area contributed by atoms with E-state index >= 15 is 0 Å². The molecule has 1 atom stereocenters. The van der Waals surface area contributed by atoms with Crippen molar-refractivity contribution in [3.05, 3.63) is 27.9 Å². The molecule has 1 rings (SSSR count). The maximum atomic E-state index is 10.8. The van der Waals surface area contributed by atoms with Gasteiger partial charge in [0, 0.05) is 12.7 Å². The van der Waals surface area contributed by atoms with E-state index in [-0.39, 0.29) is 23.6 Å². The number of hydrogen-bond donors (Lipinski definition) is 2. The molecule has 0 fully saturated rings. The van der Waals surface area contributed by atoms with Crippen LogP contribution in [0.1, 0.15) is 18.9 Å². The molecule has 1 aromatic heterocycles. The molecule has 0 saturated carbocycles. The smallest absolute Gasteiger partial charge is 0.328 e. The number of rotatable bonds is 5. The van der Waals surface area contributed by atoms with Crippen LogP contribution in [0.4, 0.5) is 11.5 Å². The molecule has 0 aliphatic heterocycles. The van der Waals surface area contributed by atoms with E-state index in [1.54, 1.807) is 13.0 Å². The minimum absolute atomic E-state index is 0.00144. The second-order valence-corrected chi connectivity index (χ2v) is 3.37. The second-order valence-electron chi connectivity index (χ2n) is 3.37. The Morgan fingerprint density at radius 1 is 1.76 bits per heavy atom. The van der Waals surface area contributed by atoms with Crippen LogP contribution in [0.25, 0.3) is 0 Å². The maximum Gasteiger partial charge on any atom is 0.328 e. The molecule has 0 radical (unpaired) electrons. The third kappa shape index (κ3) is 3.12. The molecule has 2 N–H and O–H groups in total. The molecule has 0 aliphatic carbocycles. The van der Waals surface area contributed by atoms with Gasteiger partial charge in [-0.3, -0.25) is 10.1 Å². The van der Waals surface area contributed by atoms with Gasteiger partial charge in [0.1, 0.15) is 11.6 Å². The molecule has 7 heteroatoms. The zero-order valence-electron chi connectivity index (χ0n) is 9.25. The highest BCUT2D eigenvalue weighted by Crippen LogP contribution is 2.25. The highest BCUT2D eigenvalue weighted by atomic mass is 16.6. The van der Waals surface area contributed by atoms with Crippen LogP contribution in [0.15, 0.2) is 12.3 Å². The van der Waals surface area contributed by atoms with Crippen LogP contribution >= 0.6 is 0 Å². The Kier molecular flexibility index (Phi) is 4.37. The lowest BCUT2D eigenvalue weighted by Gasteiger charge is -2.10. The van der Waals surface area contributed by atoms with Crippen LogP contribution in [0.5, 0.6) is 0 Å². The number of hydrogen-bond acceptors (Lipinski definition) is 6. The molecular weight excluding hydrogens is 224 g/mol. The molecule has 1 aromatic rings. The summed E-state index contributed by atoms with van der Waals surface area (Å²) in [6, 6.07) is 3.01. The van der Waals surface area contributed by atoms with Gasteiger partial charge in [0.05, 0.1) is 11.0 Å². The molecule has 17 heavy (non-hydrogen) atoms. The lowest BCUT2D eigenvalue weighted by atomic mass is 10.2. The van der Waals surface area contributed by atoms with Gasteiger partial charge in [-0.15, -0.1) is 0 Å². The monoisotopic (exact) mass is 236 g/mol. The average Bonchev–Trinajstić information content (AvgIpc) is 2.34. The summed E-state index contributed by atoms with van der Waals surface area (Å²) in [6.45, 7) is 1.94. The number of nitriles is 1. The summed E-state index contributed by atoms with van der Waals surface area (Å²) >= 11 is 0. The Hall–Kier alpha value is -2.20. The molecule has 0 aliphatic rings. The Bertz CT molecular complexity index is 455. The van der Waals surface area contributed by atoms with Crippen molar-refractivity contribution in [1.29, 1.82) is 5.26 Å². The van der Waals surface area contributed by atoms with Crippen LogP contribution in [0.2, 0.25) is 0 Å². The predicted molar refractivity (Wildman–Crippen MR) is 60.4 cm³/mol. The third-order valence-electron chi connectivity index (χ3n) is 2.20. The Morgan fingerprint density at radius 3 is 3.00 bits per heavy atom. The van der Waals surface area contributed by atoms with E-state index in [1.807, 2.05) is 0 Å². The van der Waals surface area contributed by atoms with Gasteiger partial charge in [0.25, 0.3) is 0 Å². The van der Waals surface area contributed by atoms with Gasteiger partial charge in [0.15, 0.2) is 0 Å². The maximum absolute atomic E-state index is 10.8. The van der Waals surface area contributed by atoms with Crippen molar-refractivity contribution in [2.45, 2.75) is 19.4 Å². The first-order chi connectivity index (χ1) is 8.10. The van der Waals surface area contributed by atoms with Gasteiger partial charge in [-0.2, -0.15) is 5.26 Å². The van der Waals surface area contributed by atoms with Crippen molar-refractivity contribution >= 4 is 11.5 Å². The van der Waals surface area contributed by atoms with Crippen LogP contribution < -0.4 is 5.32 Å². The number of aliphatic hydroxyl groups excluding tert-OH is 1. The first-order valence-electron chi connectivity index (χ1n) is 5.05. The van der Waals surface area contributed by atoms with E-state index in [1.165, 1.54) is 12.3 Å². The topological polar surface area (TPSA) is 112 Å². The van der Waals surface area contributed by atoms with Gasteiger partial charge < -0.3 is 10.4 Å². The second kappa shape index (κ2) is 5.77. The summed E-state index contributed by atoms with van der Waals surface area (Å²) in [5.74, 6) is 0.00144. The number of nitrogens with one attached hydrogen (secondary N) is 1. The quantitative estimate of drug-likeness (QED) is 0.583. The molecule has 0 saturated heterocycles. The van der Waals surface area contributed by atoms with Crippen LogP contribution in [0, 0.1) is 21.4 Å². The Labute approximate surface area is 97.9 Å². The van der Waals surface area contributed by atoms with Crippen molar-refractivity contribution in [2.75, 3.05) is 11.9 Å². The third-order valence-corrected chi connectivity index (χ3v) is 2.20. The lowest BCUT2D eigenvalue weighted by Crippen LogP contribution is -2.19. The van der Waals surface area contributed by atoms with Crippen LogP contribution in [-0.2, 0) is 0 Å². The van der Waals surface area contributed by atoms with Gasteiger partial charge in [0.2, 0.25) is 5.82 Å². The van der Waals surface area contributed by atoms with E-state index in [9.17, 15) is 15.2 Å². The molecular formula is C10H12N4O3. The summed E-state index contributed by atoms with van der Waals surface area (Å²) < 4.78 is 0. The molecule has 1 unspecified atom stereocenters. The number of anilines is 1. The fourth-order valence-corrected chi connectivity index (χ4v) is 1.22. The number of pyridine rings is 1. The van der Waals surface area contributed by atoms with Crippen molar-refractivity contribution in [3.8, 4) is 6.07 Å². The molecule has 0 spiro atoms. The van der Waals surface area contributed by atoms with Crippen molar-refractivity contribution in [3.63, 3.8) is 0 Å². The summed E-state index contributed by atoms with van der Waals surface area (Å²) in [5, 5.41) is 31.6. The largest absolute Gasteiger partial charge is 0.391 e. The normalized spacial score (nSPS) is 11.6. The average molecular weight is 236 g/mol. The Balaban J connectivity index is 2.99. The van der Waals surface area contributed by atoms with E-state index in [0.29, 0.717) is 6.42 Å². The number of nitro groups is 1. The number of aliphatic hydroxyl groups is 1. The molecule has 90 valence electrons. The molecule has 0 amide bonds. The van der Waals surface area contributed by atoms with Crippen molar-refractivity contribution in [2.24, 2.45) is 0 Å². The summed E-state index contributed by atoms with van der Waals surface area (Å²) in [6.07, 6.45) is 1.23. The van der Waals surface area contributed by atoms with Gasteiger partial charge >= 0.3 is 5.69 Å². The van der Waals surface area contributed by atoms with E-state index < -0.39 is 11.0 Å². The van der Waals surface area contributed by atoms with E-state index in [0.717, 1.165) is 0 Å². The fraction of sp³-hybridized carbons (Fsp3) is 0.400. The SMILES string of the molecule is CCC(O)CNc1nccc(C#N)c1[N+](=O)[O-]. The summed E-state index contributed by atoms with van der Waals surface area (Å²) in [7, 11) is 0. The highest BCUT2D eigenvalue weighted by Gasteiger charge is 2.21. The summed E-state index contributed by atoms with van der Waals surface area (Å²) in [4.78, 5) is 14.0. The lowest BCUT2D eigenvalue weighted by molar-refractivity contribution is -0.384. The van der Waals surface area contributed by atoms with E-state index in [4.69, 9.17) is 5.26 Å². The Morgan fingerprint density at radius 2 is 2.47 bits per heavy atom. The first-order valence-corrected chi connectivity index (χ1v) is 5.05. The fourth-order valence-electron chi connectivity index (χ4n) is 1.22. The van der Waals surface area contributed by atoms with Crippen LogP contribution in [0.3, 0.4) is 0 Å². The summed E-state index contributed by atoms with van der Waals surface area (Å²) in [5.41, 5.74) is -0.420. The molecule has 1 heterocycles. The van der Waals surface area contributed by atoms with E-state index in [2.05, 4.69) is 10.3 Å². The van der Waals surface area contributed by atoms with Crippen LogP contribution in [-0.4, -0.2) is 27.7 Å². The van der Waals surface area contributed by atoms with Crippen molar-refractivity contribution < 1.29 is 10.0 Å². The van der Waals surface area contributed by atoms with Gasteiger partial charge in [-0.25, -0.2) is 4.98 Å². The standard InChI is InChI=1S/C10H12N4O3/c1-2-8(15)6-13-10-9(14(16)17)7(5-11)3-4-12-10/h3-4,8,15H,2,6H2,1H3,(H,12,13). The predicted octanol–water partition coefficient (Wildman–Crippen LogP) is 1.04. The highest BCUT2D eigenvalue weighted by molar-refractivity contribution is 5.64. The van der Waals surface area contributed by atoms with Crippen molar-refractivity contribution in [1.82, 2.24) is 4.98 Å². The molecule has 0 bridgehead atoms. The zero-order valence-corrected chi connectivity index (χ0v) is 9.25. The first kappa shape index (κ1) is 12.9. The zero-order chi connectivity index (χ0) is 12.8. The minimum Gasteiger partial charge on any atom is -0.391 e. The van der Waals surface area contributed by atoms with Gasteiger partial charge in [-0.1, -0.05) is 6.92 Å². The minimum atomic E-state index is -0.661. The molecule has 7 nitrogen and oxygen atoms in total. The van der Waals surface area contributed by atoms with Gasteiger partial charge in [-0.05, 0) is 12.5 Å². The number of aromatic nitrogens is 1. The number of nitrogens with zero attached hydrogens (tertiary/aromatic N) is 3. The molecule has 0 aromatic carbocycles.